The smallest absolute Gasteiger partial charge is 0.138 e. The Hall–Kier alpha value is -1.20. The van der Waals surface area contributed by atoms with Crippen LogP contribution in [0.25, 0.3) is 10.2 Å². The monoisotopic (exact) mass is 279 g/mol. The van der Waals surface area contributed by atoms with E-state index in [4.69, 9.17) is 4.74 Å². The number of anilines is 1. The van der Waals surface area contributed by atoms with Crippen molar-refractivity contribution in [3.63, 3.8) is 0 Å². The summed E-state index contributed by atoms with van der Waals surface area (Å²) in [6.45, 7) is 8.00. The number of aryl methyl sites for hydroxylation is 3. The van der Waals surface area contributed by atoms with Crippen molar-refractivity contribution in [3.05, 3.63) is 16.3 Å². The highest BCUT2D eigenvalue weighted by atomic mass is 32.1. The highest BCUT2D eigenvalue weighted by molar-refractivity contribution is 7.18. The summed E-state index contributed by atoms with van der Waals surface area (Å²) < 4.78 is 5.08. The van der Waals surface area contributed by atoms with E-state index in [9.17, 15) is 0 Å². The van der Waals surface area contributed by atoms with Gasteiger partial charge in [-0.15, -0.1) is 11.3 Å². The fraction of sp³-hybridized carbons (Fsp3) is 0.571. The highest BCUT2D eigenvalue weighted by Gasteiger charge is 2.13. The molecule has 2 aromatic rings. The van der Waals surface area contributed by atoms with Gasteiger partial charge in [0.2, 0.25) is 0 Å². The predicted molar refractivity (Wildman–Crippen MR) is 81.2 cm³/mol. The Kier molecular flexibility index (Phi) is 4.71. The number of thiophene rings is 1. The average molecular weight is 279 g/mol. The zero-order chi connectivity index (χ0) is 13.8. The van der Waals surface area contributed by atoms with Crippen LogP contribution in [0.5, 0.6) is 0 Å². The summed E-state index contributed by atoms with van der Waals surface area (Å²) in [6, 6.07) is 0. The molecule has 0 spiro atoms. The minimum Gasteiger partial charge on any atom is -0.385 e. The number of hydrogen-bond acceptors (Lipinski definition) is 5. The van der Waals surface area contributed by atoms with Crippen LogP contribution in [-0.4, -0.2) is 30.2 Å². The number of ether oxygens (including phenoxy) is 1. The number of nitrogens with one attached hydrogen (secondary N) is 1. The van der Waals surface area contributed by atoms with E-state index in [1.165, 1.54) is 15.8 Å². The molecule has 4 nitrogen and oxygen atoms in total. The molecule has 5 heteroatoms. The first-order valence-electron chi connectivity index (χ1n) is 6.66. The molecule has 0 unspecified atom stereocenters. The summed E-state index contributed by atoms with van der Waals surface area (Å²) in [5.74, 6) is 1.88. The van der Waals surface area contributed by atoms with Crippen LogP contribution in [-0.2, 0) is 11.2 Å². The van der Waals surface area contributed by atoms with Gasteiger partial charge in [-0.25, -0.2) is 9.97 Å². The highest BCUT2D eigenvalue weighted by Crippen LogP contribution is 2.33. The zero-order valence-electron chi connectivity index (χ0n) is 12.0. The molecule has 1 N–H and O–H groups in total. The molecule has 2 aromatic heterocycles. The molecule has 0 saturated carbocycles. The van der Waals surface area contributed by atoms with Crippen LogP contribution in [0.15, 0.2) is 0 Å². The molecule has 0 aromatic carbocycles. The van der Waals surface area contributed by atoms with E-state index in [1.807, 2.05) is 0 Å². The SMILES string of the molecule is CCNc1nc(CCCOC)nc2sc(C)c(C)c12. The summed E-state index contributed by atoms with van der Waals surface area (Å²) in [4.78, 5) is 11.8. The largest absolute Gasteiger partial charge is 0.385 e. The van der Waals surface area contributed by atoms with Crippen LogP contribution in [0.1, 0.15) is 29.6 Å². The van der Waals surface area contributed by atoms with Crippen molar-refractivity contribution in [2.45, 2.75) is 33.6 Å². The maximum absolute atomic E-state index is 5.08. The Morgan fingerprint density at radius 2 is 2.05 bits per heavy atom. The maximum atomic E-state index is 5.08. The van der Waals surface area contributed by atoms with Crippen molar-refractivity contribution >= 4 is 27.4 Å². The topological polar surface area (TPSA) is 47.0 Å². The molecule has 104 valence electrons. The number of methoxy groups -OCH3 is 1. The van der Waals surface area contributed by atoms with Crippen LogP contribution in [0, 0.1) is 13.8 Å². The lowest BCUT2D eigenvalue weighted by Crippen LogP contribution is -2.05. The van der Waals surface area contributed by atoms with Gasteiger partial charge in [0.25, 0.3) is 0 Å². The van der Waals surface area contributed by atoms with E-state index in [-0.39, 0.29) is 0 Å². The van der Waals surface area contributed by atoms with E-state index in [1.54, 1.807) is 18.4 Å². The molecular formula is C14H21N3OS. The molecule has 0 fully saturated rings. The molecule has 0 saturated heterocycles. The van der Waals surface area contributed by atoms with Crippen molar-refractivity contribution < 1.29 is 4.74 Å². The van der Waals surface area contributed by atoms with Crippen LogP contribution >= 0.6 is 11.3 Å². The maximum Gasteiger partial charge on any atom is 0.138 e. The first-order valence-corrected chi connectivity index (χ1v) is 7.48. The number of hydrogen-bond donors (Lipinski definition) is 1. The molecule has 0 amide bonds. The van der Waals surface area contributed by atoms with Gasteiger partial charge in [-0.3, -0.25) is 0 Å². The van der Waals surface area contributed by atoms with Crippen molar-refractivity contribution in [1.29, 1.82) is 0 Å². The first kappa shape index (κ1) is 14.2. The van der Waals surface area contributed by atoms with Gasteiger partial charge < -0.3 is 10.1 Å². The van der Waals surface area contributed by atoms with Gasteiger partial charge in [0.1, 0.15) is 16.5 Å². The molecule has 0 atom stereocenters. The minimum absolute atomic E-state index is 0.750. The van der Waals surface area contributed by atoms with Gasteiger partial charge in [-0.1, -0.05) is 0 Å². The van der Waals surface area contributed by atoms with Crippen molar-refractivity contribution in [1.82, 2.24) is 9.97 Å². The number of nitrogens with zero attached hydrogens (tertiary/aromatic N) is 2. The van der Waals surface area contributed by atoms with Gasteiger partial charge in [0, 0.05) is 31.6 Å². The lowest BCUT2D eigenvalue weighted by Gasteiger charge is -2.08. The third kappa shape index (κ3) is 3.04. The minimum atomic E-state index is 0.750. The molecule has 2 rings (SSSR count). The molecular weight excluding hydrogens is 258 g/mol. The van der Waals surface area contributed by atoms with Gasteiger partial charge in [-0.2, -0.15) is 0 Å². The van der Waals surface area contributed by atoms with Gasteiger partial charge >= 0.3 is 0 Å². The third-order valence-corrected chi connectivity index (χ3v) is 4.27. The molecule has 0 aliphatic heterocycles. The summed E-state index contributed by atoms with van der Waals surface area (Å²) in [6.07, 6.45) is 1.81. The zero-order valence-corrected chi connectivity index (χ0v) is 12.9. The Morgan fingerprint density at radius 3 is 2.74 bits per heavy atom. The number of aromatic nitrogens is 2. The summed E-state index contributed by atoms with van der Waals surface area (Å²) >= 11 is 1.75. The van der Waals surface area contributed by atoms with E-state index < -0.39 is 0 Å². The quantitative estimate of drug-likeness (QED) is 0.824. The molecule has 0 aliphatic rings. The van der Waals surface area contributed by atoms with Crippen LogP contribution < -0.4 is 5.32 Å². The lowest BCUT2D eigenvalue weighted by molar-refractivity contribution is 0.194. The summed E-state index contributed by atoms with van der Waals surface area (Å²) in [5.41, 5.74) is 1.29. The van der Waals surface area contributed by atoms with Crippen molar-refractivity contribution in [3.8, 4) is 0 Å². The molecule has 0 bridgehead atoms. The summed E-state index contributed by atoms with van der Waals surface area (Å²) in [5, 5.41) is 4.54. The van der Waals surface area contributed by atoms with Gasteiger partial charge in [-0.05, 0) is 32.8 Å². The lowest BCUT2D eigenvalue weighted by atomic mass is 10.2. The number of rotatable bonds is 6. The standard InChI is InChI=1S/C14H21N3OS/c1-5-15-13-12-9(2)10(3)19-14(12)17-11(16-13)7-6-8-18-4/h5-8H2,1-4H3,(H,15,16,17). The van der Waals surface area contributed by atoms with Gasteiger partial charge in [0.05, 0.1) is 5.39 Å². The van der Waals surface area contributed by atoms with Crippen LogP contribution in [0.4, 0.5) is 5.82 Å². The van der Waals surface area contributed by atoms with E-state index in [2.05, 4.69) is 36.1 Å². The fourth-order valence-electron chi connectivity index (χ4n) is 2.08. The van der Waals surface area contributed by atoms with E-state index >= 15 is 0 Å². The van der Waals surface area contributed by atoms with E-state index in [0.29, 0.717) is 0 Å². The molecule has 19 heavy (non-hydrogen) atoms. The van der Waals surface area contributed by atoms with Crippen LogP contribution in [0.3, 0.4) is 0 Å². The Balaban J connectivity index is 2.40. The summed E-state index contributed by atoms with van der Waals surface area (Å²) in [7, 11) is 1.72. The van der Waals surface area contributed by atoms with Crippen molar-refractivity contribution in [2.24, 2.45) is 0 Å². The normalized spacial score (nSPS) is 11.2. The second-order valence-corrected chi connectivity index (χ2v) is 5.78. The van der Waals surface area contributed by atoms with E-state index in [0.717, 1.165) is 42.5 Å². The second kappa shape index (κ2) is 6.30. The van der Waals surface area contributed by atoms with Crippen molar-refractivity contribution in [2.75, 3.05) is 25.6 Å². The predicted octanol–water partition coefficient (Wildman–Crippen LogP) is 3.32. The number of fused-ring (bicyclic) bond motifs is 1. The Morgan fingerprint density at radius 1 is 1.26 bits per heavy atom. The Labute approximate surface area is 118 Å². The Bertz CT molecular complexity index is 565. The molecule has 0 radical (unpaired) electrons. The van der Waals surface area contributed by atoms with Crippen LogP contribution in [0.2, 0.25) is 0 Å². The molecule has 0 aliphatic carbocycles. The fourth-order valence-corrected chi connectivity index (χ4v) is 3.12. The average Bonchev–Trinajstić information content (AvgIpc) is 2.66. The third-order valence-electron chi connectivity index (χ3n) is 3.17. The second-order valence-electron chi connectivity index (χ2n) is 4.58. The molecule has 2 heterocycles. The van der Waals surface area contributed by atoms with Gasteiger partial charge in [0.15, 0.2) is 0 Å². The first-order chi connectivity index (χ1) is 9.17.